The van der Waals surface area contributed by atoms with Crippen molar-refractivity contribution in [1.82, 2.24) is 10.2 Å². The van der Waals surface area contributed by atoms with Gasteiger partial charge in [-0.3, -0.25) is 14.5 Å². The van der Waals surface area contributed by atoms with E-state index in [9.17, 15) is 9.59 Å². The minimum atomic E-state index is -0.0576. The Morgan fingerprint density at radius 2 is 1.65 bits per heavy atom. The second-order valence-corrected chi connectivity index (χ2v) is 7.27. The molecule has 1 aliphatic rings. The molecule has 2 N–H and O–H groups in total. The number of para-hydroxylation sites is 1. The summed E-state index contributed by atoms with van der Waals surface area (Å²) in [5.41, 5.74) is 1.46. The molecule has 0 aromatic heterocycles. The highest BCUT2D eigenvalue weighted by Gasteiger charge is 2.23. The number of carbonyl (C=O) groups is 2. The zero-order valence-corrected chi connectivity index (χ0v) is 16.0. The van der Waals surface area contributed by atoms with Crippen molar-refractivity contribution >= 4 is 33.4 Å². The van der Waals surface area contributed by atoms with E-state index < -0.39 is 0 Å². The maximum atomic E-state index is 12.4. The van der Waals surface area contributed by atoms with Gasteiger partial charge in [0.05, 0.1) is 12.1 Å². The molecule has 0 radical (unpaired) electrons. The lowest BCUT2D eigenvalue weighted by Gasteiger charge is -2.31. The van der Waals surface area contributed by atoms with Gasteiger partial charge in [0, 0.05) is 29.3 Å². The number of amides is 2. The Hall–Kier alpha value is -2.18. The quantitative estimate of drug-likeness (QED) is 0.787. The van der Waals surface area contributed by atoms with Gasteiger partial charge in [0.25, 0.3) is 5.91 Å². The average molecular weight is 416 g/mol. The minimum Gasteiger partial charge on any atom is -0.349 e. The Morgan fingerprint density at radius 1 is 1.00 bits per heavy atom. The molecule has 0 unspecified atom stereocenters. The summed E-state index contributed by atoms with van der Waals surface area (Å²) in [6.45, 7) is 1.96. The molecule has 1 heterocycles. The van der Waals surface area contributed by atoms with Crippen LogP contribution in [0.15, 0.2) is 59.1 Å². The lowest BCUT2D eigenvalue weighted by atomic mass is 10.0. The lowest BCUT2D eigenvalue weighted by molar-refractivity contribution is -0.117. The van der Waals surface area contributed by atoms with Crippen molar-refractivity contribution in [2.75, 3.05) is 25.0 Å². The van der Waals surface area contributed by atoms with Gasteiger partial charge in [0.1, 0.15) is 0 Å². The van der Waals surface area contributed by atoms with Crippen LogP contribution in [0.25, 0.3) is 0 Å². The summed E-state index contributed by atoms with van der Waals surface area (Å²) >= 11 is 3.41. The van der Waals surface area contributed by atoms with Crippen LogP contribution in [0.4, 0.5) is 5.69 Å². The molecule has 0 saturated carbocycles. The maximum Gasteiger partial charge on any atom is 0.252 e. The van der Waals surface area contributed by atoms with Gasteiger partial charge in [-0.15, -0.1) is 0 Å². The minimum absolute atomic E-state index is 0.00750. The number of anilines is 1. The molecule has 6 heteroatoms. The standard InChI is InChI=1S/C20H22BrN3O2/c21-18-9-5-4-8-17(18)20(26)23-16-10-12-24(13-11-16)14-19(25)22-15-6-2-1-3-7-15/h1-9,16H,10-14H2,(H,22,25)(H,23,26). The van der Waals surface area contributed by atoms with Crippen molar-refractivity contribution in [3.63, 3.8) is 0 Å². The molecule has 1 fully saturated rings. The lowest BCUT2D eigenvalue weighted by Crippen LogP contribution is -2.46. The van der Waals surface area contributed by atoms with Crippen LogP contribution in [-0.2, 0) is 4.79 Å². The fourth-order valence-corrected chi connectivity index (χ4v) is 3.53. The van der Waals surface area contributed by atoms with E-state index in [0.29, 0.717) is 12.1 Å². The SMILES string of the molecule is O=C(CN1CCC(NC(=O)c2ccccc2Br)CC1)Nc1ccccc1. The first-order valence-electron chi connectivity index (χ1n) is 8.74. The second-order valence-electron chi connectivity index (χ2n) is 6.42. The molecular formula is C20H22BrN3O2. The molecular weight excluding hydrogens is 394 g/mol. The van der Waals surface area contributed by atoms with E-state index in [1.165, 1.54) is 0 Å². The maximum absolute atomic E-state index is 12.4. The fourth-order valence-electron chi connectivity index (χ4n) is 3.07. The van der Waals surface area contributed by atoms with Crippen LogP contribution < -0.4 is 10.6 Å². The van der Waals surface area contributed by atoms with Crippen molar-refractivity contribution in [2.45, 2.75) is 18.9 Å². The third-order valence-electron chi connectivity index (χ3n) is 4.47. The highest BCUT2D eigenvalue weighted by atomic mass is 79.9. The van der Waals surface area contributed by atoms with Gasteiger partial charge < -0.3 is 10.6 Å². The number of carbonyl (C=O) groups excluding carboxylic acids is 2. The number of piperidine rings is 1. The smallest absolute Gasteiger partial charge is 0.252 e. The number of rotatable bonds is 5. The number of hydrogen-bond acceptors (Lipinski definition) is 3. The molecule has 5 nitrogen and oxygen atoms in total. The summed E-state index contributed by atoms with van der Waals surface area (Å²) in [5, 5.41) is 6.00. The van der Waals surface area contributed by atoms with Crippen molar-refractivity contribution in [1.29, 1.82) is 0 Å². The summed E-state index contributed by atoms with van der Waals surface area (Å²) in [5.74, 6) is -0.0651. The summed E-state index contributed by atoms with van der Waals surface area (Å²) in [7, 11) is 0. The molecule has 2 aromatic carbocycles. The Labute approximate surface area is 161 Å². The van der Waals surface area contributed by atoms with E-state index in [0.717, 1.165) is 36.1 Å². The normalized spacial score (nSPS) is 15.4. The number of nitrogens with one attached hydrogen (secondary N) is 2. The average Bonchev–Trinajstić information content (AvgIpc) is 2.64. The van der Waals surface area contributed by atoms with Gasteiger partial charge >= 0.3 is 0 Å². The van der Waals surface area contributed by atoms with Crippen molar-refractivity contribution < 1.29 is 9.59 Å². The number of hydrogen-bond donors (Lipinski definition) is 2. The Morgan fingerprint density at radius 3 is 2.35 bits per heavy atom. The molecule has 136 valence electrons. The molecule has 0 atom stereocenters. The second kappa shape index (κ2) is 8.96. The topological polar surface area (TPSA) is 61.4 Å². The first-order valence-corrected chi connectivity index (χ1v) is 9.54. The van der Waals surface area contributed by atoms with Crippen LogP contribution in [0, 0.1) is 0 Å². The van der Waals surface area contributed by atoms with Crippen molar-refractivity contribution in [2.24, 2.45) is 0 Å². The molecule has 26 heavy (non-hydrogen) atoms. The van der Waals surface area contributed by atoms with Gasteiger partial charge in [-0.05, 0) is 53.0 Å². The van der Waals surface area contributed by atoms with Crippen LogP contribution in [0.1, 0.15) is 23.2 Å². The molecule has 0 aliphatic carbocycles. The first-order chi connectivity index (χ1) is 12.6. The molecule has 1 aliphatic heterocycles. The molecule has 0 spiro atoms. The van der Waals surface area contributed by atoms with Crippen LogP contribution in [0.5, 0.6) is 0 Å². The predicted octanol–water partition coefficient (Wildman–Crippen LogP) is 3.28. The van der Waals surface area contributed by atoms with Gasteiger partial charge in [0.2, 0.25) is 5.91 Å². The summed E-state index contributed by atoms with van der Waals surface area (Å²) in [6, 6.07) is 17.0. The third kappa shape index (κ3) is 5.16. The van der Waals surface area contributed by atoms with E-state index in [1.807, 2.05) is 54.6 Å². The molecule has 2 aromatic rings. The summed E-state index contributed by atoms with van der Waals surface area (Å²) in [6.07, 6.45) is 1.68. The predicted molar refractivity (Wildman–Crippen MR) is 106 cm³/mol. The van der Waals surface area contributed by atoms with E-state index in [4.69, 9.17) is 0 Å². The van der Waals surface area contributed by atoms with Crippen molar-refractivity contribution in [3.05, 3.63) is 64.6 Å². The highest BCUT2D eigenvalue weighted by Crippen LogP contribution is 2.17. The van der Waals surface area contributed by atoms with Gasteiger partial charge in [-0.25, -0.2) is 0 Å². The number of likely N-dealkylation sites (tertiary alicyclic amines) is 1. The zero-order chi connectivity index (χ0) is 18.4. The fraction of sp³-hybridized carbons (Fsp3) is 0.300. The molecule has 3 rings (SSSR count). The Bertz CT molecular complexity index is 759. The Kier molecular flexibility index (Phi) is 6.41. The largest absolute Gasteiger partial charge is 0.349 e. The van der Waals surface area contributed by atoms with Crippen LogP contribution in [0.2, 0.25) is 0 Å². The zero-order valence-electron chi connectivity index (χ0n) is 14.5. The van der Waals surface area contributed by atoms with Gasteiger partial charge in [-0.1, -0.05) is 30.3 Å². The highest BCUT2D eigenvalue weighted by molar-refractivity contribution is 9.10. The number of benzene rings is 2. The molecule has 2 amide bonds. The summed E-state index contributed by atoms with van der Waals surface area (Å²) < 4.78 is 0.799. The van der Waals surface area contributed by atoms with Crippen LogP contribution >= 0.6 is 15.9 Å². The van der Waals surface area contributed by atoms with E-state index in [1.54, 1.807) is 0 Å². The molecule has 0 bridgehead atoms. The monoisotopic (exact) mass is 415 g/mol. The van der Waals surface area contributed by atoms with E-state index in [-0.39, 0.29) is 17.9 Å². The van der Waals surface area contributed by atoms with Crippen LogP contribution in [-0.4, -0.2) is 42.4 Å². The number of halogens is 1. The van der Waals surface area contributed by atoms with Gasteiger partial charge in [0.15, 0.2) is 0 Å². The summed E-state index contributed by atoms with van der Waals surface area (Å²) in [4.78, 5) is 26.6. The van der Waals surface area contributed by atoms with Gasteiger partial charge in [-0.2, -0.15) is 0 Å². The first kappa shape index (κ1) is 18.6. The third-order valence-corrected chi connectivity index (χ3v) is 5.16. The Balaban J connectivity index is 1.43. The number of nitrogens with zero attached hydrogens (tertiary/aromatic N) is 1. The van der Waals surface area contributed by atoms with Crippen molar-refractivity contribution in [3.8, 4) is 0 Å². The van der Waals surface area contributed by atoms with E-state index in [2.05, 4.69) is 31.5 Å². The van der Waals surface area contributed by atoms with Crippen LogP contribution in [0.3, 0.4) is 0 Å². The van der Waals surface area contributed by atoms with E-state index >= 15 is 0 Å². The molecule has 1 saturated heterocycles.